The maximum Gasteiger partial charge on any atom is 0.0751 e. The number of halogens is 4. The lowest BCUT2D eigenvalue weighted by Crippen LogP contribution is -2.27. The summed E-state index contributed by atoms with van der Waals surface area (Å²) >= 11 is 0. The van der Waals surface area contributed by atoms with Crippen LogP contribution in [0.15, 0.2) is 47.2 Å². The maximum atomic E-state index is 7.62. The van der Waals surface area contributed by atoms with E-state index in [1.54, 1.807) is 6.08 Å². The van der Waals surface area contributed by atoms with Crippen LogP contribution < -0.4 is 11.5 Å². The van der Waals surface area contributed by atoms with E-state index < -0.39 is 0 Å². The molecule has 0 saturated carbocycles. The molecule has 0 aromatic heterocycles. The SMILES string of the molecule is Cl.Cl.Cl.Cl.N=C1C=CC(=C2C=CC(N)C(N)=C2)CC1=N. The molecule has 6 N–H and O–H groups in total. The van der Waals surface area contributed by atoms with Gasteiger partial charge in [-0.2, -0.15) is 0 Å². The van der Waals surface area contributed by atoms with Crippen molar-refractivity contribution in [3.05, 3.63) is 47.2 Å². The van der Waals surface area contributed by atoms with Gasteiger partial charge in [0.1, 0.15) is 0 Å². The summed E-state index contributed by atoms with van der Waals surface area (Å²) in [7, 11) is 0. The Kier molecular flexibility index (Phi) is 12.2. The van der Waals surface area contributed by atoms with Gasteiger partial charge in [0.2, 0.25) is 0 Å². The van der Waals surface area contributed by atoms with Crippen molar-refractivity contribution in [3.63, 3.8) is 0 Å². The molecule has 0 fully saturated rings. The van der Waals surface area contributed by atoms with Crippen LogP contribution in [0.5, 0.6) is 0 Å². The summed E-state index contributed by atoms with van der Waals surface area (Å²) in [6, 6.07) is -0.213. The van der Waals surface area contributed by atoms with Crippen LogP contribution in [0.3, 0.4) is 0 Å². The first-order valence-electron chi connectivity index (χ1n) is 5.06. The molecule has 2 aliphatic rings. The van der Waals surface area contributed by atoms with Gasteiger partial charge in [0, 0.05) is 12.1 Å². The molecule has 2 rings (SSSR count). The van der Waals surface area contributed by atoms with E-state index in [2.05, 4.69) is 0 Å². The van der Waals surface area contributed by atoms with Gasteiger partial charge >= 0.3 is 0 Å². The highest BCUT2D eigenvalue weighted by Crippen LogP contribution is 2.22. The van der Waals surface area contributed by atoms with Gasteiger partial charge in [-0.15, -0.1) is 49.6 Å². The van der Waals surface area contributed by atoms with E-state index in [1.165, 1.54) is 0 Å². The van der Waals surface area contributed by atoms with Crippen LogP contribution in [-0.4, -0.2) is 17.5 Å². The zero-order chi connectivity index (χ0) is 11.7. The second-order valence-electron chi connectivity index (χ2n) is 3.91. The molecular formula is C12H18Cl4N4. The first-order chi connectivity index (χ1) is 7.58. The number of hydrogen-bond donors (Lipinski definition) is 4. The van der Waals surface area contributed by atoms with Crippen LogP contribution in [0.1, 0.15) is 6.42 Å². The van der Waals surface area contributed by atoms with Crippen LogP contribution in [0, 0.1) is 10.8 Å². The molecule has 0 spiro atoms. The average Bonchev–Trinajstić information content (AvgIpc) is 2.26. The molecule has 20 heavy (non-hydrogen) atoms. The molecule has 114 valence electrons. The van der Waals surface area contributed by atoms with E-state index in [-0.39, 0.29) is 61.4 Å². The predicted molar refractivity (Wildman–Crippen MR) is 94.6 cm³/mol. The second kappa shape index (κ2) is 10.0. The molecule has 0 saturated heterocycles. The average molecular weight is 360 g/mol. The quantitative estimate of drug-likeness (QED) is 0.534. The van der Waals surface area contributed by atoms with Gasteiger partial charge in [0.05, 0.1) is 17.5 Å². The highest BCUT2D eigenvalue weighted by molar-refractivity contribution is 6.45. The molecule has 0 radical (unpaired) electrons. The lowest BCUT2D eigenvalue weighted by Gasteiger charge is -2.17. The molecule has 0 aromatic rings. The van der Waals surface area contributed by atoms with Gasteiger partial charge in [-0.3, -0.25) is 5.41 Å². The Labute approximate surface area is 143 Å². The predicted octanol–water partition coefficient (Wildman–Crippen LogP) is 2.71. The fraction of sp³-hybridized carbons (Fsp3) is 0.167. The number of nitrogens with two attached hydrogens (primary N) is 2. The number of rotatable bonds is 0. The second-order valence-corrected chi connectivity index (χ2v) is 3.91. The summed E-state index contributed by atoms with van der Waals surface area (Å²) in [5.41, 5.74) is 14.7. The molecule has 2 aliphatic carbocycles. The van der Waals surface area contributed by atoms with Crippen molar-refractivity contribution in [2.24, 2.45) is 11.5 Å². The molecule has 0 aliphatic heterocycles. The van der Waals surface area contributed by atoms with Crippen LogP contribution in [0.4, 0.5) is 0 Å². The van der Waals surface area contributed by atoms with E-state index in [1.807, 2.05) is 24.3 Å². The van der Waals surface area contributed by atoms with Crippen molar-refractivity contribution in [1.29, 1.82) is 10.8 Å². The third kappa shape index (κ3) is 5.31. The Bertz CT molecular complexity index is 492. The van der Waals surface area contributed by atoms with E-state index in [4.69, 9.17) is 22.3 Å². The minimum absolute atomic E-state index is 0. The van der Waals surface area contributed by atoms with Gasteiger partial charge < -0.3 is 16.9 Å². The molecular weight excluding hydrogens is 342 g/mol. The zero-order valence-corrected chi connectivity index (χ0v) is 13.7. The standard InChI is InChI=1S/C12H14N4.4ClH/c13-9-3-1-7(5-11(9)15)8-2-4-10(14)12(16)6-8;;;;/h1-5,9,14,16H,6,13,15H2;4*1H. The normalized spacial score (nSPS) is 23.6. The van der Waals surface area contributed by atoms with E-state index in [9.17, 15) is 0 Å². The maximum absolute atomic E-state index is 7.62. The summed E-state index contributed by atoms with van der Waals surface area (Å²) in [6.45, 7) is 0. The summed E-state index contributed by atoms with van der Waals surface area (Å²) in [5, 5.41) is 15.1. The lowest BCUT2D eigenvalue weighted by molar-refractivity contribution is 0.917. The van der Waals surface area contributed by atoms with E-state index in [0.717, 1.165) is 11.1 Å². The number of nitrogens with one attached hydrogen (secondary N) is 2. The Balaban J connectivity index is -0.000000722. The van der Waals surface area contributed by atoms with Crippen LogP contribution in [0.25, 0.3) is 0 Å². The fourth-order valence-electron chi connectivity index (χ4n) is 1.67. The Hall–Kier alpha value is -0.780. The molecule has 4 nitrogen and oxygen atoms in total. The highest BCUT2D eigenvalue weighted by Gasteiger charge is 2.15. The van der Waals surface area contributed by atoms with Crippen molar-refractivity contribution in [3.8, 4) is 0 Å². The summed E-state index contributed by atoms with van der Waals surface area (Å²) in [5.74, 6) is 0. The third-order valence-electron chi connectivity index (χ3n) is 2.70. The molecule has 0 aromatic carbocycles. The Morgan fingerprint density at radius 1 is 1.00 bits per heavy atom. The lowest BCUT2D eigenvalue weighted by atomic mass is 9.91. The third-order valence-corrected chi connectivity index (χ3v) is 2.70. The van der Waals surface area contributed by atoms with Gasteiger partial charge in [-0.1, -0.05) is 18.2 Å². The summed E-state index contributed by atoms with van der Waals surface area (Å²) < 4.78 is 0. The molecule has 1 atom stereocenters. The Morgan fingerprint density at radius 2 is 1.60 bits per heavy atom. The monoisotopic (exact) mass is 358 g/mol. The first kappa shape index (κ1) is 24.3. The first-order valence-corrected chi connectivity index (χ1v) is 5.06. The molecule has 0 amide bonds. The molecule has 8 heteroatoms. The summed E-state index contributed by atoms with van der Waals surface area (Å²) in [6.07, 6.45) is 9.58. The van der Waals surface area contributed by atoms with Crippen molar-refractivity contribution < 1.29 is 0 Å². The van der Waals surface area contributed by atoms with Gasteiger partial charge in [-0.25, -0.2) is 0 Å². The fourth-order valence-corrected chi connectivity index (χ4v) is 1.67. The smallest absolute Gasteiger partial charge is 0.0751 e. The van der Waals surface area contributed by atoms with Crippen molar-refractivity contribution in [2.45, 2.75) is 12.5 Å². The van der Waals surface area contributed by atoms with Gasteiger partial charge in [0.25, 0.3) is 0 Å². The largest absolute Gasteiger partial charge is 0.400 e. The molecule has 1 unspecified atom stereocenters. The highest BCUT2D eigenvalue weighted by atomic mass is 35.5. The molecule has 0 bridgehead atoms. The zero-order valence-electron chi connectivity index (χ0n) is 10.5. The minimum atomic E-state index is -0.213. The summed E-state index contributed by atoms with van der Waals surface area (Å²) in [4.78, 5) is 0. The van der Waals surface area contributed by atoms with Gasteiger partial charge in [-0.05, 0) is 23.3 Å². The Morgan fingerprint density at radius 3 is 2.10 bits per heavy atom. The van der Waals surface area contributed by atoms with Crippen LogP contribution in [-0.2, 0) is 0 Å². The minimum Gasteiger partial charge on any atom is -0.400 e. The van der Waals surface area contributed by atoms with E-state index >= 15 is 0 Å². The van der Waals surface area contributed by atoms with E-state index in [0.29, 0.717) is 17.8 Å². The van der Waals surface area contributed by atoms with Crippen molar-refractivity contribution in [2.75, 3.05) is 0 Å². The van der Waals surface area contributed by atoms with Crippen LogP contribution >= 0.6 is 49.6 Å². The van der Waals surface area contributed by atoms with Crippen LogP contribution in [0.2, 0.25) is 0 Å². The topological polar surface area (TPSA) is 99.7 Å². The number of hydrogen-bond acceptors (Lipinski definition) is 4. The van der Waals surface area contributed by atoms with Crippen molar-refractivity contribution in [1.82, 2.24) is 0 Å². The molecule has 0 heterocycles. The van der Waals surface area contributed by atoms with Crippen molar-refractivity contribution >= 4 is 61.1 Å². The van der Waals surface area contributed by atoms with Gasteiger partial charge in [0.15, 0.2) is 0 Å². The number of allylic oxidation sites excluding steroid dienone is 6.